The van der Waals surface area contributed by atoms with Crippen molar-refractivity contribution in [2.75, 3.05) is 25.0 Å². The van der Waals surface area contributed by atoms with Crippen molar-refractivity contribution in [1.82, 2.24) is 5.32 Å². The number of nitrogens with zero attached hydrogens (tertiary/aromatic N) is 1. The third-order valence-corrected chi connectivity index (χ3v) is 3.47. The first kappa shape index (κ1) is 12.4. The van der Waals surface area contributed by atoms with E-state index in [-0.39, 0.29) is 0 Å². The summed E-state index contributed by atoms with van der Waals surface area (Å²) in [6, 6.07) is 11.6. The molecule has 0 saturated heterocycles. The lowest BCUT2D eigenvalue weighted by atomic mass is 9.88. The van der Waals surface area contributed by atoms with Gasteiger partial charge in [-0.25, -0.2) is 0 Å². The van der Waals surface area contributed by atoms with Crippen LogP contribution in [0.3, 0.4) is 0 Å². The van der Waals surface area contributed by atoms with Crippen molar-refractivity contribution in [3.8, 4) is 0 Å². The molecule has 1 aliphatic carbocycles. The Morgan fingerprint density at radius 1 is 1.29 bits per heavy atom. The van der Waals surface area contributed by atoms with Crippen LogP contribution in [0.25, 0.3) is 0 Å². The summed E-state index contributed by atoms with van der Waals surface area (Å²) in [7, 11) is 2.15. The summed E-state index contributed by atoms with van der Waals surface area (Å²) in [5.74, 6) is 0. The zero-order valence-corrected chi connectivity index (χ0v) is 10.6. The Labute approximate surface area is 104 Å². The van der Waals surface area contributed by atoms with E-state index < -0.39 is 0 Å². The fraction of sp³-hybridized carbons (Fsp3) is 0.571. The number of para-hydroxylation sites is 1. The number of nitrogens with one attached hydrogen (secondary N) is 1. The van der Waals surface area contributed by atoms with Crippen molar-refractivity contribution in [3.63, 3.8) is 0 Å². The summed E-state index contributed by atoms with van der Waals surface area (Å²) in [6.45, 7) is 2.18. The zero-order valence-electron chi connectivity index (χ0n) is 10.6. The van der Waals surface area contributed by atoms with Gasteiger partial charge in [0.25, 0.3) is 0 Å². The van der Waals surface area contributed by atoms with E-state index in [4.69, 9.17) is 5.73 Å². The highest BCUT2D eigenvalue weighted by molar-refractivity contribution is 5.44. The first-order chi connectivity index (χ1) is 8.25. The van der Waals surface area contributed by atoms with Gasteiger partial charge in [-0.05, 0) is 37.9 Å². The molecule has 0 amide bonds. The van der Waals surface area contributed by atoms with Crippen LogP contribution in [0.4, 0.5) is 5.69 Å². The van der Waals surface area contributed by atoms with Gasteiger partial charge in [0, 0.05) is 31.4 Å². The summed E-state index contributed by atoms with van der Waals surface area (Å²) < 4.78 is 0. The Bertz CT molecular complexity index is 319. The topological polar surface area (TPSA) is 41.3 Å². The molecule has 1 fully saturated rings. The monoisotopic (exact) mass is 233 g/mol. The number of benzene rings is 1. The highest BCUT2D eigenvalue weighted by Crippen LogP contribution is 2.17. The van der Waals surface area contributed by atoms with E-state index in [0.29, 0.717) is 12.1 Å². The van der Waals surface area contributed by atoms with Crippen LogP contribution in [-0.4, -0.2) is 32.2 Å². The van der Waals surface area contributed by atoms with Crippen LogP contribution in [0, 0.1) is 0 Å². The highest BCUT2D eigenvalue weighted by atomic mass is 15.1. The van der Waals surface area contributed by atoms with Gasteiger partial charge in [-0.1, -0.05) is 18.2 Å². The largest absolute Gasteiger partial charge is 0.375 e. The number of anilines is 1. The van der Waals surface area contributed by atoms with Gasteiger partial charge in [0.1, 0.15) is 0 Å². The Balaban J connectivity index is 1.59. The number of nitrogens with two attached hydrogens (primary N) is 1. The van der Waals surface area contributed by atoms with E-state index in [1.807, 2.05) is 0 Å². The molecule has 1 aromatic carbocycles. The predicted molar refractivity (Wildman–Crippen MR) is 73.3 cm³/mol. The molecule has 0 unspecified atom stereocenters. The van der Waals surface area contributed by atoms with Crippen molar-refractivity contribution in [2.45, 2.75) is 31.3 Å². The lowest BCUT2D eigenvalue weighted by molar-refractivity contribution is 0.292. The fourth-order valence-electron chi connectivity index (χ4n) is 2.26. The van der Waals surface area contributed by atoms with E-state index in [0.717, 1.165) is 25.9 Å². The molecule has 0 atom stereocenters. The maximum absolute atomic E-state index is 5.75. The van der Waals surface area contributed by atoms with Crippen LogP contribution in [0.1, 0.15) is 19.3 Å². The SMILES string of the molecule is CN(CCCNC1CC(N)C1)c1ccccc1. The third-order valence-electron chi connectivity index (χ3n) is 3.47. The van der Waals surface area contributed by atoms with E-state index >= 15 is 0 Å². The van der Waals surface area contributed by atoms with Gasteiger partial charge in [0.05, 0.1) is 0 Å². The normalized spacial score (nSPS) is 23.2. The predicted octanol–water partition coefficient (Wildman–Crippen LogP) is 1.59. The number of hydrogen-bond donors (Lipinski definition) is 2. The average Bonchev–Trinajstić information content (AvgIpc) is 2.32. The van der Waals surface area contributed by atoms with Gasteiger partial charge in [0.15, 0.2) is 0 Å². The second kappa shape index (κ2) is 6.03. The molecule has 1 aliphatic rings. The van der Waals surface area contributed by atoms with Gasteiger partial charge < -0.3 is 16.0 Å². The first-order valence-corrected chi connectivity index (χ1v) is 6.51. The quantitative estimate of drug-likeness (QED) is 0.733. The molecule has 3 N–H and O–H groups in total. The van der Waals surface area contributed by atoms with Crippen LogP contribution < -0.4 is 16.0 Å². The second-order valence-corrected chi connectivity index (χ2v) is 4.99. The molecule has 0 bridgehead atoms. The Hall–Kier alpha value is -1.06. The number of rotatable bonds is 6. The first-order valence-electron chi connectivity index (χ1n) is 6.51. The van der Waals surface area contributed by atoms with E-state index in [2.05, 4.69) is 47.6 Å². The molecule has 0 heterocycles. The van der Waals surface area contributed by atoms with E-state index in [9.17, 15) is 0 Å². The Kier molecular flexibility index (Phi) is 4.40. The van der Waals surface area contributed by atoms with Gasteiger partial charge in [-0.2, -0.15) is 0 Å². The minimum atomic E-state index is 0.444. The summed E-state index contributed by atoms with van der Waals surface area (Å²) in [4.78, 5) is 2.30. The molecular formula is C14H23N3. The summed E-state index contributed by atoms with van der Waals surface area (Å²) in [5, 5.41) is 3.55. The molecule has 0 spiro atoms. The maximum Gasteiger partial charge on any atom is 0.0363 e. The summed E-state index contributed by atoms with van der Waals surface area (Å²) >= 11 is 0. The Morgan fingerprint density at radius 3 is 2.65 bits per heavy atom. The van der Waals surface area contributed by atoms with Crippen LogP contribution in [0.5, 0.6) is 0 Å². The molecule has 1 aromatic rings. The van der Waals surface area contributed by atoms with Crippen LogP contribution >= 0.6 is 0 Å². The van der Waals surface area contributed by atoms with Crippen molar-refractivity contribution >= 4 is 5.69 Å². The molecular weight excluding hydrogens is 210 g/mol. The molecule has 94 valence electrons. The van der Waals surface area contributed by atoms with Crippen molar-refractivity contribution < 1.29 is 0 Å². The van der Waals surface area contributed by atoms with Gasteiger partial charge in [0.2, 0.25) is 0 Å². The molecule has 0 aliphatic heterocycles. The summed E-state index contributed by atoms with van der Waals surface area (Å²) in [5.41, 5.74) is 7.04. The molecule has 17 heavy (non-hydrogen) atoms. The second-order valence-electron chi connectivity index (χ2n) is 4.99. The van der Waals surface area contributed by atoms with Gasteiger partial charge in [-0.15, -0.1) is 0 Å². The maximum atomic E-state index is 5.75. The van der Waals surface area contributed by atoms with Crippen molar-refractivity contribution in [2.24, 2.45) is 5.73 Å². The molecule has 2 rings (SSSR count). The van der Waals surface area contributed by atoms with Crippen molar-refractivity contribution in [1.29, 1.82) is 0 Å². The molecule has 3 nitrogen and oxygen atoms in total. The van der Waals surface area contributed by atoms with E-state index in [1.54, 1.807) is 0 Å². The summed E-state index contributed by atoms with van der Waals surface area (Å²) in [6.07, 6.45) is 3.47. The minimum absolute atomic E-state index is 0.444. The number of hydrogen-bond acceptors (Lipinski definition) is 3. The fourth-order valence-corrected chi connectivity index (χ4v) is 2.26. The standard InChI is InChI=1S/C14H23N3/c1-17(14-6-3-2-4-7-14)9-5-8-16-13-10-12(15)11-13/h2-4,6-7,12-13,16H,5,8-11,15H2,1H3. The van der Waals surface area contributed by atoms with Gasteiger partial charge in [-0.3, -0.25) is 0 Å². The highest BCUT2D eigenvalue weighted by Gasteiger charge is 2.24. The van der Waals surface area contributed by atoms with Crippen LogP contribution in [0.2, 0.25) is 0 Å². The molecule has 1 saturated carbocycles. The smallest absolute Gasteiger partial charge is 0.0363 e. The lowest BCUT2D eigenvalue weighted by Gasteiger charge is -2.33. The third kappa shape index (κ3) is 3.72. The Morgan fingerprint density at radius 2 is 2.00 bits per heavy atom. The van der Waals surface area contributed by atoms with Crippen LogP contribution in [0.15, 0.2) is 30.3 Å². The molecule has 3 heteroatoms. The van der Waals surface area contributed by atoms with E-state index in [1.165, 1.54) is 12.1 Å². The lowest BCUT2D eigenvalue weighted by Crippen LogP contribution is -2.48. The zero-order chi connectivity index (χ0) is 12.1. The molecule has 0 aromatic heterocycles. The molecule has 0 radical (unpaired) electrons. The van der Waals surface area contributed by atoms with Crippen molar-refractivity contribution in [3.05, 3.63) is 30.3 Å². The minimum Gasteiger partial charge on any atom is -0.375 e. The van der Waals surface area contributed by atoms with Gasteiger partial charge >= 0.3 is 0 Å². The average molecular weight is 233 g/mol. The van der Waals surface area contributed by atoms with Crippen LogP contribution in [-0.2, 0) is 0 Å².